The van der Waals surface area contributed by atoms with Crippen molar-refractivity contribution in [1.29, 1.82) is 0 Å². The number of rotatable bonds is 4. The molecule has 0 saturated heterocycles. The molecule has 2 aromatic rings. The maximum Gasteiger partial charge on any atom is 0.274 e. The largest absolute Gasteiger partial charge is 0.486 e. The fraction of sp³-hybridized carbons (Fsp3) is 0.143. The van der Waals surface area contributed by atoms with Crippen molar-refractivity contribution in [3.05, 3.63) is 57.8 Å². The van der Waals surface area contributed by atoms with Gasteiger partial charge in [-0.3, -0.25) is 4.79 Å². The van der Waals surface area contributed by atoms with Gasteiger partial charge < -0.3 is 4.74 Å². The van der Waals surface area contributed by atoms with E-state index in [0.717, 1.165) is 11.1 Å². The van der Waals surface area contributed by atoms with Gasteiger partial charge in [-0.2, -0.15) is 0 Å². The van der Waals surface area contributed by atoms with Crippen LogP contribution in [0.3, 0.4) is 0 Å². The maximum absolute atomic E-state index is 11.4. The standard InChI is InChI=1S/C14H11BrClNO2/c1-9-7-11(15)17-12(14(16)18)13(9)19-8-10-5-3-2-4-6-10/h2-7H,8H2,1H3. The Morgan fingerprint density at radius 2 is 2.05 bits per heavy atom. The Morgan fingerprint density at radius 1 is 1.37 bits per heavy atom. The summed E-state index contributed by atoms with van der Waals surface area (Å²) in [5.74, 6) is 0.423. The van der Waals surface area contributed by atoms with E-state index in [1.54, 1.807) is 6.07 Å². The third-order valence-electron chi connectivity index (χ3n) is 2.54. The molecule has 0 atom stereocenters. The monoisotopic (exact) mass is 339 g/mol. The lowest BCUT2D eigenvalue weighted by atomic mass is 10.2. The second-order valence-corrected chi connectivity index (χ2v) is 5.14. The molecule has 0 N–H and O–H groups in total. The van der Waals surface area contributed by atoms with Crippen LogP contribution in [0.4, 0.5) is 0 Å². The first-order chi connectivity index (χ1) is 9.08. The Morgan fingerprint density at radius 3 is 2.68 bits per heavy atom. The van der Waals surface area contributed by atoms with Gasteiger partial charge in [0.05, 0.1) is 0 Å². The number of halogens is 2. The Labute approximate surface area is 124 Å². The molecule has 5 heteroatoms. The number of carbonyl (C=O) groups excluding carboxylic acids is 1. The van der Waals surface area contributed by atoms with Crippen molar-refractivity contribution in [3.63, 3.8) is 0 Å². The van der Waals surface area contributed by atoms with Crippen molar-refractivity contribution >= 4 is 32.8 Å². The van der Waals surface area contributed by atoms with E-state index in [-0.39, 0.29) is 5.69 Å². The summed E-state index contributed by atoms with van der Waals surface area (Å²) in [7, 11) is 0. The van der Waals surface area contributed by atoms with Gasteiger partial charge in [-0.25, -0.2) is 4.98 Å². The van der Waals surface area contributed by atoms with Crippen molar-refractivity contribution in [2.24, 2.45) is 0 Å². The van der Waals surface area contributed by atoms with Gasteiger partial charge in [0.2, 0.25) is 0 Å². The summed E-state index contributed by atoms with van der Waals surface area (Å²) in [6, 6.07) is 11.5. The summed E-state index contributed by atoms with van der Waals surface area (Å²) >= 11 is 8.77. The van der Waals surface area contributed by atoms with Gasteiger partial charge in [0.15, 0.2) is 11.4 Å². The highest BCUT2D eigenvalue weighted by Crippen LogP contribution is 2.27. The van der Waals surface area contributed by atoms with Crippen LogP contribution in [-0.4, -0.2) is 10.2 Å². The first kappa shape index (κ1) is 14.0. The zero-order chi connectivity index (χ0) is 13.8. The Bertz CT molecular complexity index is 602. The lowest BCUT2D eigenvalue weighted by molar-refractivity contribution is 0.107. The number of aryl methyl sites for hydroxylation is 1. The van der Waals surface area contributed by atoms with Gasteiger partial charge in [0, 0.05) is 0 Å². The summed E-state index contributed by atoms with van der Waals surface area (Å²) in [5, 5.41) is -0.632. The summed E-state index contributed by atoms with van der Waals surface area (Å²) in [6.07, 6.45) is 0. The lowest BCUT2D eigenvalue weighted by Crippen LogP contribution is -2.05. The fourth-order valence-electron chi connectivity index (χ4n) is 1.67. The molecule has 0 radical (unpaired) electrons. The molecule has 0 unspecified atom stereocenters. The summed E-state index contributed by atoms with van der Waals surface area (Å²) in [4.78, 5) is 15.4. The Hall–Kier alpha value is -1.39. The molecule has 1 heterocycles. The van der Waals surface area contributed by atoms with Crippen molar-refractivity contribution in [1.82, 2.24) is 4.98 Å². The average molecular weight is 341 g/mol. The fourth-order valence-corrected chi connectivity index (χ4v) is 2.31. The highest BCUT2D eigenvalue weighted by atomic mass is 79.9. The second kappa shape index (κ2) is 6.17. The number of carbonyl (C=O) groups is 1. The minimum atomic E-state index is -0.632. The predicted octanol–water partition coefficient (Wildman–Crippen LogP) is 4.11. The van der Waals surface area contributed by atoms with Gasteiger partial charge in [-0.05, 0) is 51.6 Å². The highest BCUT2D eigenvalue weighted by Gasteiger charge is 2.16. The molecule has 19 heavy (non-hydrogen) atoms. The van der Waals surface area contributed by atoms with E-state index in [2.05, 4.69) is 20.9 Å². The quantitative estimate of drug-likeness (QED) is 0.621. The van der Waals surface area contributed by atoms with Crippen LogP contribution >= 0.6 is 27.5 Å². The minimum Gasteiger partial charge on any atom is -0.486 e. The molecular formula is C14H11BrClNO2. The molecule has 0 spiro atoms. The van der Waals surface area contributed by atoms with Crippen molar-refractivity contribution in [2.45, 2.75) is 13.5 Å². The van der Waals surface area contributed by atoms with Crippen molar-refractivity contribution < 1.29 is 9.53 Å². The maximum atomic E-state index is 11.4. The van der Waals surface area contributed by atoms with Gasteiger partial charge in [-0.15, -0.1) is 0 Å². The van der Waals surface area contributed by atoms with Crippen LogP contribution in [0.5, 0.6) is 5.75 Å². The molecule has 0 amide bonds. The number of hydrogen-bond donors (Lipinski definition) is 0. The minimum absolute atomic E-state index is 0.129. The number of nitrogens with zero attached hydrogens (tertiary/aromatic N) is 1. The van der Waals surface area contributed by atoms with E-state index in [1.165, 1.54) is 0 Å². The smallest absolute Gasteiger partial charge is 0.274 e. The third kappa shape index (κ3) is 3.55. The molecule has 1 aromatic carbocycles. The number of hydrogen-bond acceptors (Lipinski definition) is 3. The molecule has 0 aliphatic carbocycles. The van der Waals surface area contributed by atoms with Crippen LogP contribution in [0.2, 0.25) is 0 Å². The summed E-state index contributed by atoms with van der Waals surface area (Å²) < 4.78 is 6.24. The molecule has 0 fully saturated rings. The molecule has 0 aliphatic rings. The SMILES string of the molecule is Cc1cc(Br)nc(C(=O)Cl)c1OCc1ccccc1. The summed E-state index contributed by atoms with van der Waals surface area (Å²) in [5.41, 5.74) is 1.95. The number of pyridine rings is 1. The third-order valence-corrected chi connectivity index (χ3v) is 3.12. The molecule has 0 bridgehead atoms. The molecule has 98 valence electrons. The normalized spacial score (nSPS) is 10.3. The van der Waals surface area contributed by atoms with E-state index in [0.29, 0.717) is 17.0 Å². The zero-order valence-corrected chi connectivity index (χ0v) is 12.5. The molecule has 0 aliphatic heterocycles. The number of benzene rings is 1. The van der Waals surface area contributed by atoms with Crippen LogP contribution in [0.1, 0.15) is 21.6 Å². The second-order valence-electron chi connectivity index (χ2n) is 3.99. The van der Waals surface area contributed by atoms with Crippen molar-refractivity contribution in [3.8, 4) is 5.75 Å². The summed E-state index contributed by atoms with van der Waals surface area (Å²) in [6.45, 7) is 2.21. The number of aromatic nitrogens is 1. The van der Waals surface area contributed by atoms with Gasteiger partial charge in [-0.1, -0.05) is 30.3 Å². The van der Waals surface area contributed by atoms with E-state index in [1.807, 2.05) is 37.3 Å². The Balaban J connectivity index is 2.27. The molecular weight excluding hydrogens is 330 g/mol. The van der Waals surface area contributed by atoms with Crippen LogP contribution in [-0.2, 0) is 6.61 Å². The average Bonchev–Trinajstić information content (AvgIpc) is 2.38. The van der Waals surface area contributed by atoms with Crippen molar-refractivity contribution in [2.75, 3.05) is 0 Å². The van der Waals surface area contributed by atoms with E-state index < -0.39 is 5.24 Å². The van der Waals surface area contributed by atoms with E-state index >= 15 is 0 Å². The first-order valence-corrected chi connectivity index (χ1v) is 6.78. The highest BCUT2D eigenvalue weighted by molar-refractivity contribution is 9.10. The zero-order valence-electron chi connectivity index (χ0n) is 10.2. The lowest BCUT2D eigenvalue weighted by Gasteiger charge is -2.12. The topological polar surface area (TPSA) is 39.2 Å². The van der Waals surface area contributed by atoms with Crippen LogP contribution in [0, 0.1) is 6.92 Å². The molecule has 1 aromatic heterocycles. The number of ether oxygens (including phenoxy) is 1. The van der Waals surface area contributed by atoms with Crippen LogP contribution in [0.15, 0.2) is 41.0 Å². The van der Waals surface area contributed by atoms with Gasteiger partial charge in [0.25, 0.3) is 5.24 Å². The van der Waals surface area contributed by atoms with E-state index in [9.17, 15) is 4.79 Å². The molecule has 3 nitrogen and oxygen atoms in total. The first-order valence-electron chi connectivity index (χ1n) is 5.61. The van der Waals surface area contributed by atoms with E-state index in [4.69, 9.17) is 16.3 Å². The van der Waals surface area contributed by atoms with Gasteiger partial charge >= 0.3 is 0 Å². The van der Waals surface area contributed by atoms with Gasteiger partial charge in [0.1, 0.15) is 11.2 Å². The van der Waals surface area contributed by atoms with Crippen LogP contribution in [0.25, 0.3) is 0 Å². The Kier molecular flexibility index (Phi) is 4.56. The molecule has 2 rings (SSSR count). The van der Waals surface area contributed by atoms with Crippen LogP contribution < -0.4 is 4.74 Å². The predicted molar refractivity (Wildman–Crippen MR) is 77.6 cm³/mol. The molecule has 0 saturated carbocycles.